The van der Waals surface area contributed by atoms with Crippen molar-refractivity contribution in [2.75, 3.05) is 24.5 Å². The van der Waals surface area contributed by atoms with Gasteiger partial charge < -0.3 is 14.9 Å². The highest BCUT2D eigenvalue weighted by atomic mass is 32.1. The first kappa shape index (κ1) is 22.7. The average Bonchev–Trinajstić information content (AvgIpc) is 3.41. The third kappa shape index (κ3) is 5.22. The first-order valence-corrected chi connectivity index (χ1v) is 10.2. The summed E-state index contributed by atoms with van der Waals surface area (Å²) in [5, 5.41) is 8.14. The van der Waals surface area contributed by atoms with Crippen LogP contribution in [-0.2, 0) is 9.59 Å². The molecule has 4 rings (SSSR count). The van der Waals surface area contributed by atoms with Crippen LogP contribution in [0.25, 0.3) is 0 Å². The zero-order chi connectivity index (χ0) is 22.8. The maximum absolute atomic E-state index is 12.6. The molecule has 2 saturated heterocycles. The van der Waals surface area contributed by atoms with Crippen molar-refractivity contribution in [3.63, 3.8) is 0 Å². The van der Waals surface area contributed by atoms with Gasteiger partial charge in [0.05, 0.1) is 5.00 Å². The topological polar surface area (TPSA) is 90.8 Å². The van der Waals surface area contributed by atoms with Crippen molar-refractivity contribution in [2.24, 2.45) is 5.41 Å². The highest BCUT2D eigenvalue weighted by Gasteiger charge is 2.49. The van der Waals surface area contributed by atoms with Gasteiger partial charge in [-0.15, -0.1) is 11.3 Å². The molecule has 1 spiro atoms. The summed E-state index contributed by atoms with van der Waals surface area (Å²) in [5.74, 6) is -2.62. The van der Waals surface area contributed by atoms with Crippen LogP contribution in [0.5, 0.6) is 0 Å². The predicted octanol–water partition coefficient (Wildman–Crippen LogP) is 3.35. The standard InChI is InChI=1S/C18H19N3O2S.C2HF3O2/c1-13-5-6-16(24-13)21-12-18(10-15(21)22)7-9-20(11-18)17(23)14-4-2-3-8-19-14;3-2(4,5)1(6)7/h2-6,8H,7,9-12H2,1H3;(H,6,7). The van der Waals surface area contributed by atoms with Crippen LogP contribution in [0.1, 0.15) is 28.2 Å². The molecule has 11 heteroatoms. The Balaban J connectivity index is 0.000000339. The Bertz CT molecular complexity index is 980. The van der Waals surface area contributed by atoms with Gasteiger partial charge in [0.15, 0.2) is 0 Å². The third-order valence-corrected chi connectivity index (χ3v) is 6.19. The Morgan fingerprint density at radius 2 is 1.90 bits per heavy atom. The van der Waals surface area contributed by atoms with E-state index in [4.69, 9.17) is 9.90 Å². The number of amides is 2. The molecule has 0 aliphatic carbocycles. The predicted molar refractivity (Wildman–Crippen MR) is 107 cm³/mol. The first-order chi connectivity index (χ1) is 14.5. The lowest BCUT2D eigenvalue weighted by Crippen LogP contribution is -2.34. The van der Waals surface area contributed by atoms with Crippen LogP contribution in [-0.4, -0.2) is 58.6 Å². The van der Waals surface area contributed by atoms with Crippen LogP contribution >= 0.6 is 11.3 Å². The van der Waals surface area contributed by atoms with Gasteiger partial charge in [-0.05, 0) is 37.6 Å². The zero-order valence-corrected chi connectivity index (χ0v) is 17.4. The van der Waals surface area contributed by atoms with Gasteiger partial charge >= 0.3 is 12.1 Å². The van der Waals surface area contributed by atoms with Gasteiger partial charge in [0, 0.05) is 42.5 Å². The molecule has 0 bridgehead atoms. The number of pyridine rings is 1. The normalized spacial score (nSPS) is 20.7. The lowest BCUT2D eigenvalue weighted by atomic mass is 9.86. The number of rotatable bonds is 2. The first-order valence-electron chi connectivity index (χ1n) is 9.38. The van der Waals surface area contributed by atoms with Gasteiger partial charge in [0.25, 0.3) is 5.91 Å². The number of hydrogen-bond acceptors (Lipinski definition) is 5. The largest absolute Gasteiger partial charge is 0.490 e. The van der Waals surface area contributed by atoms with E-state index in [1.165, 1.54) is 4.88 Å². The Morgan fingerprint density at radius 1 is 1.19 bits per heavy atom. The molecular formula is C20H20F3N3O4S. The summed E-state index contributed by atoms with van der Waals surface area (Å²) in [5.41, 5.74) is 0.365. The van der Waals surface area contributed by atoms with E-state index in [0.717, 1.165) is 11.4 Å². The van der Waals surface area contributed by atoms with E-state index in [2.05, 4.69) is 4.98 Å². The van der Waals surface area contributed by atoms with E-state index in [9.17, 15) is 22.8 Å². The van der Waals surface area contributed by atoms with Gasteiger partial charge in [-0.2, -0.15) is 13.2 Å². The molecule has 7 nitrogen and oxygen atoms in total. The van der Waals surface area contributed by atoms with E-state index >= 15 is 0 Å². The number of alkyl halides is 3. The van der Waals surface area contributed by atoms with Crippen molar-refractivity contribution >= 4 is 34.1 Å². The Hall–Kier alpha value is -2.95. The Labute approximate surface area is 180 Å². The maximum atomic E-state index is 12.6. The number of carbonyl (C=O) groups is 3. The number of hydrogen-bond donors (Lipinski definition) is 1. The SMILES string of the molecule is Cc1ccc(N2CC3(CCN(C(=O)c4ccccn4)C3)CC2=O)s1.O=C(O)C(F)(F)F. The number of thiophene rings is 1. The smallest absolute Gasteiger partial charge is 0.475 e. The molecule has 0 radical (unpaired) electrons. The number of likely N-dealkylation sites (tertiary alicyclic amines) is 1. The van der Waals surface area contributed by atoms with E-state index < -0.39 is 12.1 Å². The molecule has 0 saturated carbocycles. The van der Waals surface area contributed by atoms with Gasteiger partial charge in [-0.3, -0.25) is 14.6 Å². The molecule has 1 N–H and O–H groups in total. The second kappa shape index (κ2) is 8.66. The van der Waals surface area contributed by atoms with E-state index in [1.54, 1.807) is 29.7 Å². The van der Waals surface area contributed by atoms with Gasteiger partial charge in [0.2, 0.25) is 5.91 Å². The average molecular weight is 455 g/mol. The second-order valence-electron chi connectivity index (χ2n) is 7.54. The van der Waals surface area contributed by atoms with E-state index in [1.807, 2.05) is 34.9 Å². The van der Waals surface area contributed by atoms with Gasteiger partial charge in [0.1, 0.15) is 5.69 Å². The fourth-order valence-electron chi connectivity index (χ4n) is 3.70. The number of aliphatic carboxylic acids is 1. The number of carbonyl (C=O) groups excluding carboxylic acids is 2. The molecule has 2 fully saturated rings. The lowest BCUT2D eigenvalue weighted by Gasteiger charge is -2.23. The lowest BCUT2D eigenvalue weighted by molar-refractivity contribution is -0.192. The van der Waals surface area contributed by atoms with Crippen LogP contribution in [0.4, 0.5) is 18.2 Å². The van der Waals surface area contributed by atoms with Crippen LogP contribution in [0.3, 0.4) is 0 Å². The van der Waals surface area contributed by atoms with Crippen molar-refractivity contribution in [1.82, 2.24) is 9.88 Å². The quantitative estimate of drug-likeness (QED) is 0.750. The summed E-state index contributed by atoms with van der Waals surface area (Å²) in [6.45, 7) is 4.08. The number of anilines is 1. The van der Waals surface area contributed by atoms with Crippen molar-refractivity contribution < 1.29 is 32.7 Å². The molecular weight excluding hydrogens is 435 g/mol. The Morgan fingerprint density at radius 3 is 2.45 bits per heavy atom. The summed E-state index contributed by atoms with van der Waals surface area (Å²) in [4.78, 5) is 43.1. The van der Waals surface area contributed by atoms with Crippen LogP contribution < -0.4 is 4.90 Å². The summed E-state index contributed by atoms with van der Waals surface area (Å²) < 4.78 is 31.7. The minimum absolute atomic E-state index is 0.0367. The van der Waals surface area contributed by atoms with Crippen LogP contribution in [0.15, 0.2) is 36.5 Å². The number of carboxylic acid groups (broad SMARTS) is 1. The fourth-order valence-corrected chi connectivity index (χ4v) is 4.57. The molecule has 1 unspecified atom stereocenters. The molecule has 2 aromatic rings. The number of aryl methyl sites for hydroxylation is 1. The molecule has 166 valence electrons. The number of carboxylic acids is 1. The number of nitrogens with zero attached hydrogens (tertiary/aromatic N) is 3. The Kier molecular flexibility index (Phi) is 6.35. The second-order valence-corrected chi connectivity index (χ2v) is 8.80. The molecule has 2 aromatic heterocycles. The zero-order valence-electron chi connectivity index (χ0n) is 16.6. The summed E-state index contributed by atoms with van der Waals surface area (Å²) in [7, 11) is 0. The highest BCUT2D eigenvalue weighted by Crippen LogP contribution is 2.43. The van der Waals surface area contributed by atoms with Crippen molar-refractivity contribution in [1.29, 1.82) is 0 Å². The number of halogens is 3. The van der Waals surface area contributed by atoms with Crippen molar-refractivity contribution in [3.8, 4) is 0 Å². The minimum atomic E-state index is -5.08. The van der Waals surface area contributed by atoms with Crippen molar-refractivity contribution in [3.05, 3.63) is 47.1 Å². The van der Waals surface area contributed by atoms with Gasteiger partial charge in [-0.1, -0.05) is 6.07 Å². The highest BCUT2D eigenvalue weighted by molar-refractivity contribution is 7.16. The van der Waals surface area contributed by atoms with Crippen LogP contribution in [0.2, 0.25) is 0 Å². The molecule has 2 aliphatic rings. The molecule has 0 aromatic carbocycles. The van der Waals surface area contributed by atoms with E-state index in [0.29, 0.717) is 31.7 Å². The monoisotopic (exact) mass is 455 g/mol. The fraction of sp³-hybridized carbons (Fsp3) is 0.400. The third-order valence-electron chi connectivity index (χ3n) is 5.17. The molecule has 2 amide bonds. The summed E-state index contributed by atoms with van der Waals surface area (Å²) >= 11 is 1.65. The summed E-state index contributed by atoms with van der Waals surface area (Å²) in [6.07, 6.45) is -2.05. The van der Waals surface area contributed by atoms with Crippen molar-refractivity contribution in [2.45, 2.75) is 25.9 Å². The summed E-state index contributed by atoms with van der Waals surface area (Å²) in [6, 6.07) is 9.44. The minimum Gasteiger partial charge on any atom is -0.475 e. The van der Waals surface area contributed by atoms with Crippen LogP contribution in [0, 0.1) is 12.3 Å². The molecule has 2 aliphatic heterocycles. The van der Waals surface area contributed by atoms with Gasteiger partial charge in [-0.25, -0.2) is 4.79 Å². The van der Waals surface area contributed by atoms with E-state index in [-0.39, 0.29) is 17.2 Å². The molecule has 31 heavy (non-hydrogen) atoms. The maximum Gasteiger partial charge on any atom is 0.490 e. The number of aromatic nitrogens is 1. The molecule has 1 atom stereocenters. The molecule has 4 heterocycles.